The van der Waals surface area contributed by atoms with Crippen LogP contribution in [0, 0.1) is 5.82 Å². The zero-order chi connectivity index (χ0) is 18.8. The summed E-state index contributed by atoms with van der Waals surface area (Å²) in [5, 5.41) is 11.5. The maximum Gasteiger partial charge on any atom is 0.321 e. The fourth-order valence-electron chi connectivity index (χ4n) is 2.43. The summed E-state index contributed by atoms with van der Waals surface area (Å²) in [6.45, 7) is 2.13. The van der Waals surface area contributed by atoms with E-state index in [2.05, 4.69) is 10.3 Å². The zero-order valence-electron chi connectivity index (χ0n) is 13.6. The Bertz CT molecular complexity index is 909. The molecule has 8 nitrogen and oxygen atoms in total. The number of hydrogen-bond donors (Lipinski definition) is 3. The maximum atomic E-state index is 14.1. The lowest BCUT2D eigenvalue weighted by molar-refractivity contribution is -0.140. The second-order valence-electron chi connectivity index (χ2n) is 5.43. The highest BCUT2D eigenvalue weighted by Gasteiger charge is 2.35. The number of amides is 1. The maximum absolute atomic E-state index is 14.1. The van der Waals surface area contributed by atoms with Crippen molar-refractivity contribution in [2.24, 2.45) is 0 Å². The molecular weight excluding hydrogens is 353 g/mol. The molecule has 10 heteroatoms. The van der Waals surface area contributed by atoms with Gasteiger partial charge in [-0.2, -0.15) is 4.31 Å². The fraction of sp³-hybridized carbons (Fsp3) is 0.333. The molecule has 0 bridgehead atoms. The predicted octanol–water partition coefficient (Wildman–Crippen LogP) is 0.907. The SMILES string of the molecule is CC(=O)NCCN(C(C)C(=O)O)S(=O)(=O)c1c[nH]c2cccc(F)c12. The molecule has 2 aromatic rings. The molecule has 0 spiro atoms. The first-order valence-electron chi connectivity index (χ1n) is 7.41. The van der Waals surface area contributed by atoms with Gasteiger partial charge in [-0.05, 0) is 19.1 Å². The standard InChI is InChI=1S/C15H18FN3O5S/c1-9(15(21)22)19(7-6-17-10(2)20)25(23,24)13-8-18-12-5-3-4-11(16)14(12)13/h3-5,8-9,18H,6-7H2,1-2H3,(H,17,20)(H,21,22). The number of carbonyl (C=O) groups is 2. The summed E-state index contributed by atoms with van der Waals surface area (Å²) < 4.78 is 40.7. The Morgan fingerprint density at radius 2 is 2.08 bits per heavy atom. The highest BCUT2D eigenvalue weighted by Crippen LogP contribution is 2.28. The Morgan fingerprint density at radius 1 is 1.40 bits per heavy atom. The first kappa shape index (κ1) is 18.9. The number of nitrogens with zero attached hydrogens (tertiary/aromatic N) is 1. The molecule has 25 heavy (non-hydrogen) atoms. The van der Waals surface area contributed by atoms with Gasteiger partial charge in [-0.25, -0.2) is 12.8 Å². The minimum atomic E-state index is -4.32. The lowest BCUT2D eigenvalue weighted by Crippen LogP contribution is -2.46. The number of aliphatic carboxylic acids is 1. The van der Waals surface area contributed by atoms with Gasteiger partial charge in [-0.15, -0.1) is 0 Å². The first-order chi connectivity index (χ1) is 11.7. The third kappa shape index (κ3) is 3.80. The van der Waals surface area contributed by atoms with Crippen molar-refractivity contribution in [3.8, 4) is 0 Å². The minimum Gasteiger partial charge on any atom is -0.480 e. The van der Waals surface area contributed by atoms with Crippen molar-refractivity contribution in [1.29, 1.82) is 0 Å². The van der Waals surface area contributed by atoms with Crippen LogP contribution in [-0.2, 0) is 19.6 Å². The smallest absolute Gasteiger partial charge is 0.321 e. The lowest BCUT2D eigenvalue weighted by Gasteiger charge is -2.25. The number of aromatic amines is 1. The van der Waals surface area contributed by atoms with Gasteiger partial charge < -0.3 is 15.4 Å². The zero-order valence-corrected chi connectivity index (χ0v) is 14.4. The van der Waals surface area contributed by atoms with E-state index in [9.17, 15) is 27.5 Å². The van der Waals surface area contributed by atoms with Crippen molar-refractivity contribution >= 4 is 32.8 Å². The van der Waals surface area contributed by atoms with E-state index in [1.807, 2.05) is 0 Å². The van der Waals surface area contributed by atoms with Gasteiger partial charge in [0.15, 0.2) is 0 Å². The molecule has 3 N–H and O–H groups in total. The van der Waals surface area contributed by atoms with E-state index in [0.717, 1.165) is 16.6 Å². The van der Waals surface area contributed by atoms with E-state index in [1.165, 1.54) is 26.0 Å². The van der Waals surface area contributed by atoms with Gasteiger partial charge in [-0.3, -0.25) is 9.59 Å². The number of H-pyrrole nitrogens is 1. The quantitative estimate of drug-likeness (QED) is 0.668. The summed E-state index contributed by atoms with van der Waals surface area (Å²) in [7, 11) is -4.32. The van der Waals surface area contributed by atoms with Crippen LogP contribution in [0.2, 0.25) is 0 Å². The summed E-state index contributed by atoms with van der Waals surface area (Å²) in [5.74, 6) is -2.47. The topological polar surface area (TPSA) is 120 Å². The number of hydrogen-bond acceptors (Lipinski definition) is 4. The van der Waals surface area contributed by atoms with Crippen LogP contribution in [0.1, 0.15) is 13.8 Å². The van der Waals surface area contributed by atoms with E-state index >= 15 is 0 Å². The number of benzene rings is 1. The van der Waals surface area contributed by atoms with E-state index in [1.54, 1.807) is 0 Å². The first-order valence-corrected chi connectivity index (χ1v) is 8.85. The Morgan fingerprint density at radius 3 is 2.68 bits per heavy atom. The van der Waals surface area contributed by atoms with Crippen LogP contribution in [0.5, 0.6) is 0 Å². The molecule has 1 amide bonds. The average molecular weight is 371 g/mol. The van der Waals surface area contributed by atoms with Crippen molar-refractivity contribution < 1.29 is 27.5 Å². The third-order valence-electron chi connectivity index (χ3n) is 3.70. The van der Waals surface area contributed by atoms with Gasteiger partial charge in [0.1, 0.15) is 16.8 Å². The second-order valence-corrected chi connectivity index (χ2v) is 7.29. The number of fused-ring (bicyclic) bond motifs is 1. The molecule has 0 aliphatic carbocycles. The Kier molecular flexibility index (Phi) is 5.43. The predicted molar refractivity (Wildman–Crippen MR) is 87.9 cm³/mol. The van der Waals surface area contributed by atoms with Crippen molar-refractivity contribution in [3.05, 3.63) is 30.2 Å². The van der Waals surface area contributed by atoms with Crippen LogP contribution < -0.4 is 5.32 Å². The lowest BCUT2D eigenvalue weighted by atomic mass is 10.2. The van der Waals surface area contributed by atoms with E-state index in [4.69, 9.17) is 0 Å². The molecule has 2 rings (SSSR count). The Labute approximate surface area is 143 Å². The average Bonchev–Trinajstić information content (AvgIpc) is 2.96. The molecule has 0 aliphatic heterocycles. The van der Waals surface area contributed by atoms with Crippen LogP contribution in [0.3, 0.4) is 0 Å². The normalized spacial score (nSPS) is 13.1. The summed E-state index contributed by atoms with van der Waals surface area (Å²) in [6.07, 6.45) is 1.13. The molecule has 1 unspecified atom stereocenters. The molecule has 0 fully saturated rings. The number of sulfonamides is 1. The second kappa shape index (κ2) is 7.19. The molecule has 0 saturated heterocycles. The number of rotatable bonds is 7. The molecule has 1 heterocycles. The highest BCUT2D eigenvalue weighted by atomic mass is 32.2. The van der Waals surface area contributed by atoms with Crippen LogP contribution >= 0.6 is 0 Å². The van der Waals surface area contributed by atoms with Gasteiger partial charge >= 0.3 is 5.97 Å². The van der Waals surface area contributed by atoms with Crippen molar-refractivity contribution in [1.82, 2.24) is 14.6 Å². The van der Waals surface area contributed by atoms with Crippen LogP contribution in [0.4, 0.5) is 4.39 Å². The fourth-order valence-corrected chi connectivity index (χ4v) is 4.19. The molecule has 1 atom stereocenters. The van der Waals surface area contributed by atoms with E-state index < -0.39 is 27.9 Å². The molecule has 0 saturated carbocycles. The number of carboxylic acid groups (broad SMARTS) is 1. The van der Waals surface area contributed by atoms with E-state index in [-0.39, 0.29) is 34.8 Å². The van der Waals surface area contributed by atoms with Crippen LogP contribution in [0.15, 0.2) is 29.3 Å². The molecule has 0 radical (unpaired) electrons. The minimum absolute atomic E-state index is 0.0724. The summed E-state index contributed by atoms with van der Waals surface area (Å²) in [4.78, 5) is 24.6. The number of halogens is 1. The highest BCUT2D eigenvalue weighted by molar-refractivity contribution is 7.89. The molecule has 1 aromatic carbocycles. The van der Waals surface area contributed by atoms with Gasteiger partial charge in [0.2, 0.25) is 15.9 Å². The molecule has 0 aliphatic rings. The Hall–Kier alpha value is -2.46. The molecular formula is C15H18FN3O5S. The molecule has 136 valence electrons. The van der Waals surface area contributed by atoms with Crippen LogP contribution in [0.25, 0.3) is 10.9 Å². The number of nitrogens with one attached hydrogen (secondary N) is 2. The van der Waals surface area contributed by atoms with Gasteiger partial charge in [0, 0.05) is 31.7 Å². The third-order valence-corrected chi connectivity index (χ3v) is 5.69. The monoisotopic (exact) mass is 371 g/mol. The van der Waals surface area contributed by atoms with Crippen molar-refractivity contribution in [2.75, 3.05) is 13.1 Å². The van der Waals surface area contributed by atoms with Crippen molar-refractivity contribution in [2.45, 2.75) is 24.8 Å². The van der Waals surface area contributed by atoms with Gasteiger partial charge in [0.05, 0.1) is 5.39 Å². The van der Waals surface area contributed by atoms with Gasteiger partial charge in [0.25, 0.3) is 0 Å². The molecule has 1 aromatic heterocycles. The van der Waals surface area contributed by atoms with Gasteiger partial charge in [-0.1, -0.05) is 6.07 Å². The van der Waals surface area contributed by atoms with Crippen molar-refractivity contribution in [3.63, 3.8) is 0 Å². The summed E-state index contributed by atoms with van der Waals surface area (Å²) >= 11 is 0. The van der Waals surface area contributed by atoms with E-state index in [0.29, 0.717) is 0 Å². The van der Waals surface area contributed by atoms with Crippen LogP contribution in [-0.4, -0.2) is 53.8 Å². The number of carboxylic acids is 1. The number of aromatic nitrogens is 1. The Balaban J connectivity index is 2.49. The largest absolute Gasteiger partial charge is 0.480 e. The number of carbonyl (C=O) groups excluding carboxylic acids is 1. The summed E-state index contributed by atoms with van der Waals surface area (Å²) in [5.41, 5.74) is 0.281. The summed E-state index contributed by atoms with van der Waals surface area (Å²) in [6, 6.07) is 2.67.